The maximum absolute atomic E-state index is 14.3. The van der Waals surface area contributed by atoms with Gasteiger partial charge in [0.1, 0.15) is 35.7 Å². The van der Waals surface area contributed by atoms with Crippen LogP contribution in [0, 0.1) is 11.3 Å². The summed E-state index contributed by atoms with van der Waals surface area (Å²) in [6.07, 6.45) is 11.6. The molecule has 8 N–H and O–H groups in total. The van der Waals surface area contributed by atoms with Gasteiger partial charge in [-0.1, -0.05) is 105 Å². The fourth-order valence-electron chi connectivity index (χ4n) is 13.4. The van der Waals surface area contributed by atoms with E-state index >= 15 is 0 Å². The van der Waals surface area contributed by atoms with Gasteiger partial charge in [-0.15, -0.1) is 25.3 Å². The summed E-state index contributed by atoms with van der Waals surface area (Å²) in [5, 5.41) is 44.6. The summed E-state index contributed by atoms with van der Waals surface area (Å²) in [5.74, 6) is -6.31. The van der Waals surface area contributed by atoms with Gasteiger partial charge in [-0.05, 0) is 149 Å². The first-order valence-corrected chi connectivity index (χ1v) is 41.7. The number of para-hydroxylation sites is 2. The van der Waals surface area contributed by atoms with Crippen molar-refractivity contribution in [3.05, 3.63) is 172 Å². The second kappa shape index (κ2) is 47.2. The van der Waals surface area contributed by atoms with Crippen molar-refractivity contribution in [3.8, 4) is 5.75 Å². The number of ketones is 3. The Balaban J connectivity index is 0.00000234. The molecule has 2 heterocycles. The first kappa shape index (κ1) is 95.8. The van der Waals surface area contributed by atoms with Crippen molar-refractivity contribution in [2.24, 2.45) is 5.92 Å². The van der Waals surface area contributed by atoms with Crippen LogP contribution in [0.3, 0.4) is 0 Å². The first-order chi connectivity index (χ1) is 53.7. The Morgan fingerprint density at radius 3 is 1.85 bits per heavy atom. The van der Waals surface area contributed by atoms with Crippen molar-refractivity contribution in [3.63, 3.8) is 0 Å². The van der Waals surface area contributed by atoms with E-state index in [0.717, 1.165) is 57.0 Å². The lowest BCUT2D eigenvalue weighted by Crippen LogP contribution is -2.46. The van der Waals surface area contributed by atoms with E-state index in [0.29, 0.717) is 75.1 Å². The van der Waals surface area contributed by atoms with Crippen molar-refractivity contribution in [2.75, 3.05) is 36.0 Å². The highest BCUT2D eigenvalue weighted by Gasteiger charge is 2.44. The monoisotopic (exact) mass is 1660 g/mol. The zero-order chi connectivity index (χ0) is 84.9. The summed E-state index contributed by atoms with van der Waals surface area (Å²) < 4.78 is 128. The number of aliphatic carboxylic acids is 3. The van der Waals surface area contributed by atoms with Crippen LogP contribution in [0.25, 0.3) is 0 Å². The summed E-state index contributed by atoms with van der Waals surface area (Å²) in [7, 11) is -14.8. The molecule has 0 unspecified atom stereocenters. The SMILES string of the molecule is CC1(C)C(=CC=C2CCCC(C=CC3=[N+](CCCCS(=O)(=O)O)c4ccccc4C3(C)C)=C2Oc2ccc(C[C@H](CC(=O)[C@H](Cc3ccccc3)NC(=O)CCCCCC(=O)CC(=N)CC(=O)CC[C@H](NC(=O)NCCCC(=O)O)C(=O)O)C(=O)O)cc2)N(CCCCS(=O)(=O)[O-])c2ccccc21.O=C=O.O=S(=O)=O.O=S(=O)=O. The highest BCUT2D eigenvalue weighted by molar-refractivity contribution is 7.85. The Bertz CT molecular complexity index is 4740. The molecule has 3 atom stereocenters. The minimum atomic E-state index is -4.40. The number of nitrogens with zero attached hydrogens (tertiary/aromatic N) is 2. The number of Topliss-reactive ketones (excluding diaryl/α,β-unsaturated/α-hetero) is 3. The Morgan fingerprint density at radius 2 is 1.24 bits per heavy atom. The summed E-state index contributed by atoms with van der Waals surface area (Å²) >= 11 is 0. The molecule has 3 amide bonds. The minimum Gasteiger partial charge on any atom is -0.748 e. The maximum atomic E-state index is 14.3. The maximum Gasteiger partial charge on any atom is 0.425 e. The molecule has 36 heteroatoms. The van der Waals surface area contributed by atoms with Crippen molar-refractivity contribution < 1.29 is 124 Å². The predicted octanol–water partition coefficient (Wildman–Crippen LogP) is 8.36. The number of rotatable bonds is 43. The van der Waals surface area contributed by atoms with Crippen LogP contribution in [0.1, 0.15) is 172 Å². The normalized spacial score (nSPS) is 15.3. The molecule has 0 bridgehead atoms. The molecule has 3 aliphatic rings. The van der Waals surface area contributed by atoms with Gasteiger partial charge in [-0.25, -0.2) is 18.0 Å². The molecular formula is C78H96N6O26S4. The quantitative estimate of drug-likeness (QED) is 0.00892. The highest BCUT2D eigenvalue weighted by Crippen LogP contribution is 2.48. The highest BCUT2D eigenvalue weighted by atomic mass is 32.2. The number of allylic oxidation sites excluding steroid dienone is 7. The van der Waals surface area contributed by atoms with Crippen molar-refractivity contribution in [1.29, 1.82) is 5.41 Å². The number of carbonyl (C=O) groups excluding carboxylic acids is 7. The first-order valence-electron chi connectivity index (χ1n) is 36.5. The molecular weight excluding hydrogens is 1570 g/mol. The number of urea groups is 1. The number of ether oxygens (including phenoxy) is 1. The van der Waals surface area contributed by atoms with E-state index in [1.54, 1.807) is 48.5 Å². The second-order valence-electron chi connectivity index (χ2n) is 28.1. The van der Waals surface area contributed by atoms with E-state index in [2.05, 4.69) is 89.6 Å². The average molecular weight is 1660 g/mol. The average Bonchev–Trinajstić information content (AvgIpc) is 1.60. The fourth-order valence-corrected chi connectivity index (χ4v) is 14.5. The summed E-state index contributed by atoms with van der Waals surface area (Å²) in [6.45, 7) is 9.51. The number of carboxylic acids is 3. The van der Waals surface area contributed by atoms with Crippen LogP contribution in [0.2, 0.25) is 0 Å². The van der Waals surface area contributed by atoms with Gasteiger partial charge >= 0.3 is 51.3 Å². The fraction of sp³-hybridized carbons (Fsp3) is 0.449. The number of nitrogens with one attached hydrogen (secondary N) is 4. The van der Waals surface area contributed by atoms with Gasteiger partial charge in [-0.2, -0.15) is 22.6 Å². The van der Waals surface area contributed by atoms with E-state index in [-0.39, 0.29) is 101 Å². The third-order valence-corrected chi connectivity index (χ3v) is 20.4. The number of fused-ring (bicyclic) bond motifs is 2. The molecule has 618 valence electrons. The number of anilines is 1. The second-order valence-corrected chi connectivity index (χ2v) is 32.0. The number of hydrogen-bond acceptors (Lipinski definition) is 24. The number of unbranched alkanes of at least 4 members (excludes halogenated alkanes) is 4. The van der Waals surface area contributed by atoms with E-state index in [4.69, 9.17) is 50.1 Å². The van der Waals surface area contributed by atoms with Gasteiger partial charge in [-0.3, -0.25) is 33.3 Å². The molecule has 0 fully saturated rings. The summed E-state index contributed by atoms with van der Waals surface area (Å²) in [4.78, 5) is 119. The zero-order valence-corrected chi connectivity index (χ0v) is 66.8. The Morgan fingerprint density at radius 1 is 0.649 bits per heavy atom. The van der Waals surface area contributed by atoms with Gasteiger partial charge in [0.2, 0.25) is 11.6 Å². The third kappa shape index (κ3) is 34.0. The minimum absolute atomic E-state index is 0.000791. The van der Waals surface area contributed by atoms with Crippen LogP contribution >= 0.6 is 0 Å². The number of benzene rings is 4. The molecule has 0 saturated heterocycles. The predicted molar refractivity (Wildman–Crippen MR) is 414 cm³/mol. The zero-order valence-electron chi connectivity index (χ0n) is 63.5. The molecule has 4 aromatic rings. The van der Waals surface area contributed by atoms with E-state index in [9.17, 15) is 74.5 Å². The Kier molecular flexibility index (Phi) is 39.6. The lowest BCUT2D eigenvalue weighted by molar-refractivity contribution is -0.438. The molecule has 0 aromatic heterocycles. The Labute approximate surface area is 664 Å². The van der Waals surface area contributed by atoms with Crippen LogP contribution in [-0.4, -0.2) is 179 Å². The molecule has 7 rings (SSSR count). The molecule has 1 aliphatic carbocycles. The van der Waals surface area contributed by atoms with Crippen LogP contribution < -0.4 is 25.6 Å². The van der Waals surface area contributed by atoms with Crippen molar-refractivity contribution >= 4 is 118 Å². The lowest BCUT2D eigenvalue weighted by Gasteiger charge is -2.28. The van der Waals surface area contributed by atoms with Gasteiger partial charge in [0, 0.05) is 110 Å². The van der Waals surface area contributed by atoms with Gasteiger partial charge in [0.05, 0.1) is 33.2 Å². The summed E-state index contributed by atoms with van der Waals surface area (Å²) in [6, 6.07) is 28.8. The summed E-state index contributed by atoms with van der Waals surface area (Å²) in [5.41, 5.74) is 8.16. The van der Waals surface area contributed by atoms with E-state index < -0.39 is 130 Å². The van der Waals surface area contributed by atoms with E-state index in [1.165, 1.54) is 0 Å². The molecule has 0 radical (unpaired) electrons. The number of carboxylic acid groups (broad SMARTS) is 3. The van der Waals surface area contributed by atoms with Gasteiger partial charge in [0.15, 0.2) is 11.5 Å². The number of amides is 3. The van der Waals surface area contributed by atoms with Crippen molar-refractivity contribution in [1.82, 2.24) is 16.0 Å². The molecule has 114 heavy (non-hydrogen) atoms. The molecule has 4 aromatic carbocycles. The molecule has 0 saturated carbocycles. The van der Waals surface area contributed by atoms with Crippen molar-refractivity contribution in [2.45, 2.75) is 185 Å². The molecule has 2 aliphatic heterocycles. The topological polar surface area (TPSA) is 521 Å². The third-order valence-electron chi connectivity index (χ3n) is 18.8. The molecule has 32 nitrogen and oxygen atoms in total. The smallest absolute Gasteiger partial charge is 0.425 e. The standard InChI is InChI=1S/C77H96N6O18S2.CO2.2O3S/c1-76(2)61-26-11-13-28-65(61)82(43-15-17-45-102(95,96)97)68(76)40-34-54-23-19-24-55(35-41-69-77(3,4)62-27-12-14-29-66(62)83(69)44-16-18-46-103(98,99)100)72(54)101-60-37-32-53(33-38-60)47-56(73(90)91)49-67(86)64(48-52-21-7-5-8-22-52)80-70(87)30-10-6-9-25-58(84)50-57(78)51-59(85)36-39-63(74(92)93)81-75(94)79-42-20-31-71(88)89;2-1-3;2*1-4(2)3/h5,7-8,11-14,21-22,26-29,32-35,37-38,40-41,56,63-64,78H,6,9-10,15-20,23-25,30-31,36,39,42-51H2,1-4H3,(H7-,79,80,81,87,88,89,90,91,92,93,94,95,96,97,98,99,100);;;/t56-,63+,64+;;;/m1.../s1. The number of carbonyl (C=O) groups is 8. The van der Waals surface area contributed by atoms with Gasteiger partial charge in [0.25, 0.3) is 10.1 Å². The van der Waals surface area contributed by atoms with Crippen LogP contribution in [0.5, 0.6) is 5.75 Å². The Hall–Kier alpha value is -10.6. The largest absolute Gasteiger partial charge is 0.748 e. The van der Waals surface area contributed by atoms with Crippen LogP contribution in [0.4, 0.5) is 16.2 Å². The molecule has 0 spiro atoms. The van der Waals surface area contributed by atoms with Gasteiger partial charge < -0.3 is 50.9 Å². The lowest BCUT2D eigenvalue weighted by atomic mass is 9.81. The van der Waals surface area contributed by atoms with E-state index in [1.807, 2.05) is 42.5 Å². The number of hydrogen-bond donors (Lipinski definition) is 8. The van der Waals surface area contributed by atoms with Crippen LogP contribution in [-0.2, 0) is 108 Å². The van der Waals surface area contributed by atoms with Crippen LogP contribution in [0.15, 0.2) is 150 Å².